The number of ether oxygens (including phenoxy) is 2. The zero-order valence-electron chi connectivity index (χ0n) is 18.0. The first-order valence-electron chi connectivity index (χ1n) is 9.96. The van der Waals surface area contributed by atoms with Crippen molar-refractivity contribution in [1.82, 2.24) is 15.5 Å². The summed E-state index contributed by atoms with van der Waals surface area (Å²) in [7, 11) is 1.81. The van der Waals surface area contributed by atoms with Crippen molar-refractivity contribution in [3.63, 3.8) is 0 Å². The molecular formula is C21H37IN4O2. The van der Waals surface area contributed by atoms with Crippen LogP contribution in [-0.4, -0.2) is 62.9 Å². The molecule has 1 aliphatic heterocycles. The monoisotopic (exact) mass is 504 g/mol. The van der Waals surface area contributed by atoms with E-state index >= 15 is 0 Å². The summed E-state index contributed by atoms with van der Waals surface area (Å²) in [5, 5.41) is 6.88. The molecule has 6 nitrogen and oxygen atoms in total. The van der Waals surface area contributed by atoms with Crippen molar-refractivity contribution < 1.29 is 9.47 Å². The molecule has 0 radical (unpaired) electrons. The molecule has 0 bridgehead atoms. The second-order valence-corrected chi connectivity index (χ2v) is 7.65. The van der Waals surface area contributed by atoms with E-state index in [2.05, 4.69) is 66.4 Å². The Morgan fingerprint density at radius 1 is 1.25 bits per heavy atom. The lowest BCUT2D eigenvalue weighted by molar-refractivity contribution is -0.00834. The molecule has 1 fully saturated rings. The van der Waals surface area contributed by atoms with Crippen LogP contribution in [0.4, 0.5) is 0 Å². The van der Waals surface area contributed by atoms with Gasteiger partial charge in [0.25, 0.3) is 0 Å². The van der Waals surface area contributed by atoms with Gasteiger partial charge in [0.1, 0.15) is 5.75 Å². The normalized spacial score (nSPS) is 15.7. The highest BCUT2D eigenvalue weighted by atomic mass is 127. The number of hydrogen-bond acceptors (Lipinski definition) is 4. The summed E-state index contributed by atoms with van der Waals surface area (Å²) in [4.78, 5) is 6.84. The highest BCUT2D eigenvalue weighted by molar-refractivity contribution is 14.0. The molecule has 1 heterocycles. The molecule has 0 unspecified atom stereocenters. The molecule has 160 valence electrons. The van der Waals surface area contributed by atoms with Crippen LogP contribution in [0, 0.1) is 6.92 Å². The first-order chi connectivity index (χ1) is 13.0. The molecule has 0 spiro atoms. The Labute approximate surface area is 187 Å². The number of guanidine groups is 1. The average molecular weight is 504 g/mol. The number of morpholine rings is 1. The summed E-state index contributed by atoms with van der Waals surface area (Å²) < 4.78 is 11.4. The fourth-order valence-corrected chi connectivity index (χ4v) is 3.13. The standard InChI is InChI=1S/C21H36N4O2.HI/c1-6-11-27-19-14-17(2)7-8-18(19)15-23-20(22-5)24-16-21(3,4)25-9-12-26-13-10-25;/h7-8,14H,6,9-13,15-16H2,1-5H3,(H2,22,23,24);1H. The van der Waals surface area contributed by atoms with Gasteiger partial charge in [-0.25, -0.2) is 0 Å². The maximum absolute atomic E-state index is 5.91. The van der Waals surface area contributed by atoms with E-state index in [1.165, 1.54) is 5.56 Å². The summed E-state index contributed by atoms with van der Waals surface area (Å²) in [6, 6.07) is 6.34. The third-order valence-corrected chi connectivity index (χ3v) is 4.91. The zero-order valence-corrected chi connectivity index (χ0v) is 20.3. The Balaban J connectivity index is 0.00000392. The van der Waals surface area contributed by atoms with Crippen LogP contribution in [0.15, 0.2) is 23.2 Å². The van der Waals surface area contributed by atoms with Crippen molar-refractivity contribution in [2.24, 2.45) is 4.99 Å². The summed E-state index contributed by atoms with van der Waals surface area (Å²) in [6.07, 6.45) is 1.00. The Bertz CT molecular complexity index is 616. The number of rotatable bonds is 8. The van der Waals surface area contributed by atoms with Crippen LogP contribution < -0.4 is 15.4 Å². The number of nitrogens with one attached hydrogen (secondary N) is 2. The Morgan fingerprint density at radius 2 is 1.96 bits per heavy atom. The average Bonchev–Trinajstić information content (AvgIpc) is 2.68. The fourth-order valence-electron chi connectivity index (χ4n) is 3.13. The highest BCUT2D eigenvalue weighted by Gasteiger charge is 2.28. The molecule has 2 N–H and O–H groups in total. The van der Waals surface area contributed by atoms with Gasteiger partial charge in [-0.1, -0.05) is 19.1 Å². The predicted molar refractivity (Wildman–Crippen MR) is 127 cm³/mol. The van der Waals surface area contributed by atoms with Crippen LogP contribution in [0.3, 0.4) is 0 Å². The van der Waals surface area contributed by atoms with Gasteiger partial charge in [-0.3, -0.25) is 9.89 Å². The number of aliphatic imine (C=N–C) groups is 1. The zero-order chi connectivity index (χ0) is 19.7. The van der Waals surface area contributed by atoms with E-state index in [4.69, 9.17) is 9.47 Å². The lowest BCUT2D eigenvalue weighted by atomic mass is 10.0. The molecule has 0 aliphatic carbocycles. The predicted octanol–water partition coefficient (Wildman–Crippen LogP) is 3.18. The molecular weight excluding hydrogens is 467 g/mol. The molecule has 1 saturated heterocycles. The van der Waals surface area contributed by atoms with Crippen LogP contribution in [0.1, 0.15) is 38.3 Å². The van der Waals surface area contributed by atoms with Crippen molar-refractivity contribution in [2.45, 2.75) is 46.2 Å². The molecule has 0 amide bonds. The fraction of sp³-hybridized carbons (Fsp3) is 0.667. The van der Waals surface area contributed by atoms with Gasteiger partial charge in [0.15, 0.2) is 5.96 Å². The Hall–Kier alpha value is -1.06. The van der Waals surface area contributed by atoms with E-state index < -0.39 is 0 Å². The number of benzene rings is 1. The maximum atomic E-state index is 5.91. The SMILES string of the molecule is CCCOc1cc(C)ccc1CNC(=NC)NCC(C)(C)N1CCOCC1.I. The number of nitrogens with zero attached hydrogens (tertiary/aromatic N) is 2. The second-order valence-electron chi connectivity index (χ2n) is 7.65. The van der Waals surface area contributed by atoms with Crippen molar-refractivity contribution in [3.8, 4) is 5.75 Å². The first-order valence-corrected chi connectivity index (χ1v) is 9.96. The van der Waals surface area contributed by atoms with Gasteiger partial charge in [0.05, 0.1) is 19.8 Å². The van der Waals surface area contributed by atoms with E-state index in [0.29, 0.717) is 6.54 Å². The first kappa shape index (κ1) is 25.0. The molecule has 28 heavy (non-hydrogen) atoms. The summed E-state index contributed by atoms with van der Waals surface area (Å²) in [5.74, 6) is 1.76. The molecule has 0 saturated carbocycles. The Morgan fingerprint density at radius 3 is 2.61 bits per heavy atom. The minimum atomic E-state index is 0. The van der Waals surface area contributed by atoms with Crippen molar-refractivity contribution in [2.75, 3.05) is 46.5 Å². The van der Waals surface area contributed by atoms with Gasteiger partial charge in [0, 0.05) is 44.3 Å². The molecule has 1 aromatic carbocycles. The van der Waals surface area contributed by atoms with Gasteiger partial charge >= 0.3 is 0 Å². The third kappa shape index (κ3) is 7.75. The van der Waals surface area contributed by atoms with Gasteiger partial charge < -0.3 is 20.1 Å². The van der Waals surface area contributed by atoms with E-state index in [1.807, 2.05) is 0 Å². The molecule has 0 aromatic heterocycles. The molecule has 0 atom stereocenters. The lowest BCUT2D eigenvalue weighted by Crippen LogP contribution is -2.56. The lowest BCUT2D eigenvalue weighted by Gasteiger charge is -2.41. The van der Waals surface area contributed by atoms with Crippen LogP contribution >= 0.6 is 24.0 Å². The van der Waals surface area contributed by atoms with Crippen LogP contribution in [0.25, 0.3) is 0 Å². The smallest absolute Gasteiger partial charge is 0.191 e. The molecule has 2 rings (SSSR count). The summed E-state index contributed by atoms with van der Waals surface area (Å²) in [6.45, 7) is 14.5. The topological polar surface area (TPSA) is 58.1 Å². The van der Waals surface area contributed by atoms with E-state index in [1.54, 1.807) is 7.05 Å². The van der Waals surface area contributed by atoms with Crippen LogP contribution in [0.5, 0.6) is 5.75 Å². The van der Waals surface area contributed by atoms with Crippen LogP contribution in [0.2, 0.25) is 0 Å². The quantitative estimate of drug-likeness (QED) is 0.324. The van der Waals surface area contributed by atoms with E-state index in [-0.39, 0.29) is 29.5 Å². The largest absolute Gasteiger partial charge is 0.493 e. The van der Waals surface area contributed by atoms with E-state index in [9.17, 15) is 0 Å². The minimum absolute atomic E-state index is 0. The van der Waals surface area contributed by atoms with Crippen molar-refractivity contribution >= 4 is 29.9 Å². The summed E-state index contributed by atoms with van der Waals surface area (Å²) >= 11 is 0. The Kier molecular flexibility index (Phi) is 11.1. The van der Waals surface area contributed by atoms with Crippen LogP contribution in [-0.2, 0) is 11.3 Å². The number of hydrogen-bond donors (Lipinski definition) is 2. The van der Waals surface area contributed by atoms with Gasteiger partial charge in [0.2, 0.25) is 0 Å². The molecule has 7 heteroatoms. The molecule has 1 aromatic rings. The summed E-state index contributed by atoms with van der Waals surface area (Å²) in [5.41, 5.74) is 2.39. The van der Waals surface area contributed by atoms with Gasteiger partial charge in [-0.05, 0) is 38.8 Å². The second kappa shape index (κ2) is 12.5. The van der Waals surface area contributed by atoms with Crippen molar-refractivity contribution in [3.05, 3.63) is 29.3 Å². The van der Waals surface area contributed by atoms with Crippen molar-refractivity contribution in [1.29, 1.82) is 0 Å². The van der Waals surface area contributed by atoms with E-state index in [0.717, 1.165) is 63.1 Å². The maximum Gasteiger partial charge on any atom is 0.191 e. The number of aryl methyl sites for hydroxylation is 1. The third-order valence-electron chi connectivity index (χ3n) is 4.91. The minimum Gasteiger partial charge on any atom is -0.493 e. The molecule has 1 aliphatic rings. The number of halogens is 1. The van der Waals surface area contributed by atoms with Gasteiger partial charge in [-0.15, -0.1) is 24.0 Å². The highest BCUT2D eigenvalue weighted by Crippen LogP contribution is 2.20. The van der Waals surface area contributed by atoms with Gasteiger partial charge in [-0.2, -0.15) is 0 Å².